The molecule has 18 N–H and O–H groups in total. The van der Waals surface area contributed by atoms with Gasteiger partial charge in [0.15, 0.2) is 37.7 Å². The maximum Gasteiger partial charge on any atom is 0.187 e. The van der Waals surface area contributed by atoms with Gasteiger partial charge in [-0.2, -0.15) is 0 Å². The lowest BCUT2D eigenvalue weighted by molar-refractivity contribution is -0.406. The van der Waals surface area contributed by atoms with Crippen molar-refractivity contribution in [2.75, 3.05) is 39.6 Å². The van der Waals surface area contributed by atoms with Gasteiger partial charge in [-0.3, -0.25) is 0 Å². The summed E-state index contributed by atoms with van der Waals surface area (Å²) < 4.78 is 61.8. The van der Waals surface area contributed by atoms with Crippen molar-refractivity contribution in [3.8, 4) is 0 Å². The van der Waals surface area contributed by atoms with Gasteiger partial charge in [0, 0.05) is 0 Å². The summed E-state index contributed by atoms with van der Waals surface area (Å²) in [6.45, 7) is -5.05. The summed E-state index contributed by atoms with van der Waals surface area (Å²) >= 11 is 0. The highest BCUT2D eigenvalue weighted by Crippen LogP contribution is 2.37. The second-order valence-corrected chi connectivity index (χ2v) is 15.9. The predicted octanol–water partition coefficient (Wildman–Crippen LogP) is -12.8. The molecule has 0 aromatic carbocycles. The van der Waals surface area contributed by atoms with Crippen LogP contribution >= 0.6 is 0 Å². The van der Waals surface area contributed by atoms with Gasteiger partial charge < -0.3 is 144 Å². The average Bonchev–Trinajstić information content (AvgIpc) is 3.27. The molecule has 29 heteroatoms. The van der Waals surface area contributed by atoms with Gasteiger partial charge in [-0.1, -0.05) is 0 Å². The van der Waals surface area contributed by atoms with Gasteiger partial charge in [0.2, 0.25) is 0 Å². The summed E-state index contributed by atoms with van der Waals surface area (Å²) in [6, 6.07) is 0. The normalized spacial score (nSPS) is 53.6. The lowest BCUT2D eigenvalue weighted by Gasteiger charge is -2.50. The zero-order valence-corrected chi connectivity index (χ0v) is 32.9. The van der Waals surface area contributed by atoms with Crippen molar-refractivity contribution < 1.29 is 144 Å². The van der Waals surface area contributed by atoms with Gasteiger partial charge in [0.05, 0.1) is 39.6 Å². The van der Waals surface area contributed by atoms with E-state index in [2.05, 4.69) is 0 Å². The summed E-state index contributed by atoms with van der Waals surface area (Å²) in [5.41, 5.74) is 0. The third-order valence-electron chi connectivity index (χ3n) is 11.7. The van der Waals surface area contributed by atoms with E-state index in [-0.39, 0.29) is 0 Å². The van der Waals surface area contributed by atoms with Crippen LogP contribution < -0.4 is 0 Å². The van der Waals surface area contributed by atoms with Crippen LogP contribution in [0.3, 0.4) is 0 Å². The second-order valence-electron chi connectivity index (χ2n) is 15.9. The lowest BCUT2D eigenvalue weighted by atomic mass is 9.95. The monoisotopic (exact) mass is 930 g/mol. The Balaban J connectivity index is 1.27. The fraction of sp³-hybridized carbons (Fsp3) is 1.00. The highest BCUT2D eigenvalue weighted by Gasteiger charge is 2.57. The number of rotatable bonds is 14. The fourth-order valence-electron chi connectivity index (χ4n) is 7.86. The lowest BCUT2D eigenvalue weighted by Crippen LogP contribution is -2.68. The molecule has 368 valence electrons. The Bertz CT molecular complexity index is 1400. The molecule has 0 radical (unpaired) electrons. The van der Waals surface area contributed by atoms with Crippen LogP contribution in [0.15, 0.2) is 0 Å². The van der Waals surface area contributed by atoms with Crippen LogP contribution in [0, 0.1) is 0 Å². The van der Waals surface area contributed by atoms with E-state index in [9.17, 15) is 91.9 Å². The zero-order chi connectivity index (χ0) is 46.2. The van der Waals surface area contributed by atoms with Crippen LogP contribution in [0.2, 0.25) is 0 Å². The second kappa shape index (κ2) is 21.9. The molecular formula is C34H58O29. The molecule has 0 spiro atoms. The van der Waals surface area contributed by atoms with E-state index in [1.165, 1.54) is 0 Å². The van der Waals surface area contributed by atoms with Gasteiger partial charge in [0.1, 0.15) is 134 Å². The van der Waals surface area contributed by atoms with Crippen LogP contribution in [0.1, 0.15) is 0 Å². The standard InChI is InChI=1S/C34H58O29/c35-1-8-14(41)19(46)22(49)31(55-8)60-25-16(43)10(3-37)57-33(24(25)51)61-26-17(44)11(4-38)58-34(28(26)63-30-21(48)13(40)7(39)5-54-30)59-12-6-53-29(52)27(18(12)45)62-32-23(50)20(47)15(42)9(2-36)56-32/h7-52H,1-6H2/t7-,8-,9-,10-,11-,12+,13+,14-,15-,16-,17-,18+,19+,20+,21-,22-,23-,24-,25+,26+,27-,28-,29-,30+,31+,32+,33+,34+/m1/s1. The highest BCUT2D eigenvalue weighted by molar-refractivity contribution is 4.99. The van der Waals surface area contributed by atoms with Crippen molar-refractivity contribution in [1.29, 1.82) is 0 Å². The smallest absolute Gasteiger partial charge is 0.187 e. The summed E-state index contributed by atoms with van der Waals surface area (Å²) in [6.07, 6.45) is -52.9. The van der Waals surface area contributed by atoms with E-state index >= 15 is 0 Å². The Hall–Kier alpha value is -1.16. The summed E-state index contributed by atoms with van der Waals surface area (Å²) in [7, 11) is 0. The number of aliphatic hydroxyl groups is 18. The van der Waals surface area contributed by atoms with Crippen molar-refractivity contribution in [1.82, 2.24) is 0 Å². The van der Waals surface area contributed by atoms with Crippen molar-refractivity contribution in [2.45, 2.75) is 172 Å². The molecular weight excluding hydrogens is 872 g/mol. The van der Waals surface area contributed by atoms with E-state index in [4.69, 9.17) is 52.1 Å². The van der Waals surface area contributed by atoms with E-state index in [0.717, 1.165) is 0 Å². The van der Waals surface area contributed by atoms with E-state index < -0.39 is 212 Å². The Morgan fingerprint density at radius 2 is 0.730 bits per heavy atom. The molecule has 29 nitrogen and oxygen atoms in total. The molecule has 6 rings (SSSR count). The molecule has 0 aromatic rings. The summed E-state index contributed by atoms with van der Waals surface area (Å²) in [4.78, 5) is 0. The van der Waals surface area contributed by atoms with Gasteiger partial charge in [-0.25, -0.2) is 0 Å². The molecule has 6 aliphatic rings. The Labute approximate surface area is 355 Å². The average molecular weight is 931 g/mol. The quantitative estimate of drug-likeness (QED) is 0.0769. The Morgan fingerprint density at radius 3 is 1.25 bits per heavy atom. The summed E-state index contributed by atoms with van der Waals surface area (Å²) in [5.74, 6) is 0. The van der Waals surface area contributed by atoms with Crippen LogP contribution in [-0.4, -0.2) is 304 Å². The molecule has 6 heterocycles. The van der Waals surface area contributed by atoms with Gasteiger partial charge in [-0.15, -0.1) is 0 Å². The van der Waals surface area contributed by atoms with Gasteiger partial charge >= 0.3 is 0 Å². The molecule has 0 aromatic heterocycles. The minimum absolute atomic E-state index is 0.628. The number of hydrogen-bond acceptors (Lipinski definition) is 29. The topological polar surface area (TPSA) is 466 Å². The van der Waals surface area contributed by atoms with Crippen molar-refractivity contribution in [3.63, 3.8) is 0 Å². The van der Waals surface area contributed by atoms with E-state index in [0.29, 0.717) is 0 Å². The Kier molecular flexibility index (Phi) is 17.8. The van der Waals surface area contributed by atoms with Crippen LogP contribution in [0.4, 0.5) is 0 Å². The SMILES string of the molecule is OC[C@H]1O[C@@H](O[C@@H]2[C@@H](O)[C@H](O[C@H]3[C@H](O)[C@@H](CO)O[C@@H](O[C@H]4CO[C@@H](O)[C@H](O[C@@H]5O[C@H](CO)[C@@H](O)[C@H](O)[C@H]5O)[C@H]4O)[C@@H]3O[C@@H]3OC[C@@H](O)[C@H](O)[C@H]3O)O[C@H](CO)[C@H]2O)[C@H](O)[C@@H](O)[C@@H]1O. The number of ether oxygens (including phenoxy) is 11. The maximum absolute atomic E-state index is 11.5. The molecule has 0 saturated carbocycles. The minimum Gasteiger partial charge on any atom is -0.394 e. The Morgan fingerprint density at radius 1 is 0.317 bits per heavy atom. The van der Waals surface area contributed by atoms with E-state index in [1.807, 2.05) is 0 Å². The van der Waals surface area contributed by atoms with Crippen LogP contribution in [0.5, 0.6) is 0 Å². The molecule has 6 aliphatic heterocycles. The molecule has 0 aliphatic carbocycles. The highest BCUT2D eigenvalue weighted by atomic mass is 16.8. The van der Waals surface area contributed by atoms with Gasteiger partial charge in [-0.05, 0) is 0 Å². The zero-order valence-electron chi connectivity index (χ0n) is 32.9. The maximum atomic E-state index is 11.5. The number of hydrogen-bond donors (Lipinski definition) is 18. The van der Waals surface area contributed by atoms with E-state index in [1.54, 1.807) is 0 Å². The fourth-order valence-corrected chi connectivity index (χ4v) is 7.86. The van der Waals surface area contributed by atoms with Crippen LogP contribution in [0.25, 0.3) is 0 Å². The first-order valence-electron chi connectivity index (χ1n) is 20.0. The third kappa shape index (κ3) is 10.6. The molecule has 63 heavy (non-hydrogen) atoms. The molecule has 6 saturated heterocycles. The van der Waals surface area contributed by atoms with Crippen molar-refractivity contribution in [3.05, 3.63) is 0 Å². The molecule has 28 atom stereocenters. The molecule has 0 amide bonds. The predicted molar refractivity (Wildman–Crippen MR) is 187 cm³/mol. The molecule has 0 bridgehead atoms. The van der Waals surface area contributed by atoms with Crippen LogP contribution in [-0.2, 0) is 52.1 Å². The van der Waals surface area contributed by atoms with Crippen molar-refractivity contribution in [2.24, 2.45) is 0 Å². The summed E-state index contributed by atoms with van der Waals surface area (Å²) in [5, 5.41) is 189. The van der Waals surface area contributed by atoms with Crippen molar-refractivity contribution >= 4 is 0 Å². The molecule has 6 fully saturated rings. The first kappa shape index (κ1) is 51.2. The van der Waals surface area contributed by atoms with Gasteiger partial charge in [0.25, 0.3) is 0 Å². The first-order chi connectivity index (χ1) is 29.9. The first-order valence-corrected chi connectivity index (χ1v) is 20.0. The minimum atomic E-state index is -2.19. The molecule has 0 unspecified atom stereocenters. The number of aliphatic hydroxyl groups excluding tert-OH is 18. The third-order valence-corrected chi connectivity index (χ3v) is 11.7. The largest absolute Gasteiger partial charge is 0.394 e.